The molecule has 0 aliphatic heterocycles. The lowest BCUT2D eigenvalue weighted by Gasteiger charge is -2.21. The van der Waals surface area contributed by atoms with Gasteiger partial charge < -0.3 is 19.3 Å². The van der Waals surface area contributed by atoms with Crippen LogP contribution in [0.4, 0.5) is 0 Å². The Kier molecular flexibility index (Phi) is 7.31. The Morgan fingerprint density at radius 2 is 1.89 bits per heavy atom. The number of aryl methyl sites for hydroxylation is 1. The first-order valence-electron chi connectivity index (χ1n) is 8.95. The van der Waals surface area contributed by atoms with E-state index in [2.05, 4.69) is 10.5 Å². The molecule has 1 heterocycles. The molecular formula is C20H24N2O6. The van der Waals surface area contributed by atoms with Crippen molar-refractivity contribution in [2.24, 2.45) is 5.92 Å². The van der Waals surface area contributed by atoms with E-state index in [-0.39, 0.29) is 17.2 Å². The number of ether oxygens (including phenoxy) is 2. The molecule has 8 nitrogen and oxygen atoms in total. The van der Waals surface area contributed by atoms with Gasteiger partial charge in [-0.3, -0.25) is 4.79 Å². The molecule has 8 heteroatoms. The minimum atomic E-state index is -0.807. The lowest BCUT2D eigenvalue weighted by atomic mass is 9.99. The van der Waals surface area contributed by atoms with Crippen LogP contribution in [-0.4, -0.2) is 42.8 Å². The SMILES string of the molecule is CCC(C)C(NC(=O)COC(=O)c1c(-c2ccccc2)noc1C)C(=O)OC. The largest absolute Gasteiger partial charge is 0.467 e. The van der Waals surface area contributed by atoms with E-state index < -0.39 is 30.5 Å². The lowest BCUT2D eigenvalue weighted by Crippen LogP contribution is -2.47. The van der Waals surface area contributed by atoms with Crippen LogP contribution in [0.1, 0.15) is 36.4 Å². The summed E-state index contributed by atoms with van der Waals surface area (Å²) in [6.07, 6.45) is 0.667. The Morgan fingerprint density at radius 3 is 2.50 bits per heavy atom. The van der Waals surface area contributed by atoms with E-state index in [1.165, 1.54) is 7.11 Å². The summed E-state index contributed by atoms with van der Waals surface area (Å²) >= 11 is 0. The maximum atomic E-state index is 12.5. The van der Waals surface area contributed by atoms with Gasteiger partial charge in [-0.2, -0.15) is 0 Å². The predicted molar refractivity (Wildman–Crippen MR) is 100 cm³/mol. The Bertz CT molecular complexity index is 830. The van der Waals surface area contributed by atoms with Crippen LogP contribution in [0, 0.1) is 12.8 Å². The zero-order valence-corrected chi connectivity index (χ0v) is 16.4. The Labute approximate surface area is 163 Å². The molecule has 1 amide bonds. The second kappa shape index (κ2) is 9.68. The molecule has 2 atom stereocenters. The number of benzene rings is 1. The van der Waals surface area contributed by atoms with Crippen LogP contribution in [0.2, 0.25) is 0 Å². The molecule has 0 bridgehead atoms. The van der Waals surface area contributed by atoms with Crippen molar-refractivity contribution in [3.63, 3.8) is 0 Å². The fourth-order valence-electron chi connectivity index (χ4n) is 2.62. The van der Waals surface area contributed by atoms with Crippen molar-refractivity contribution in [3.8, 4) is 11.3 Å². The molecule has 150 valence electrons. The molecule has 1 N–H and O–H groups in total. The molecule has 0 spiro atoms. The summed E-state index contributed by atoms with van der Waals surface area (Å²) in [5.41, 5.74) is 1.19. The van der Waals surface area contributed by atoms with Crippen molar-refractivity contribution in [1.29, 1.82) is 0 Å². The van der Waals surface area contributed by atoms with Crippen LogP contribution in [0.5, 0.6) is 0 Å². The van der Waals surface area contributed by atoms with Gasteiger partial charge in [0.25, 0.3) is 5.91 Å². The number of rotatable bonds is 8. The van der Waals surface area contributed by atoms with E-state index in [1.807, 2.05) is 32.0 Å². The topological polar surface area (TPSA) is 108 Å². The predicted octanol–water partition coefficient (Wildman–Crippen LogP) is 2.51. The number of carbonyl (C=O) groups is 3. The standard InChI is InChI=1S/C20H24N2O6/c1-5-12(2)17(20(25)26-4)21-15(23)11-27-19(24)16-13(3)28-22-18(16)14-9-7-6-8-10-14/h6-10,12,17H,5,11H2,1-4H3,(H,21,23). The minimum Gasteiger partial charge on any atom is -0.467 e. The van der Waals surface area contributed by atoms with Crippen LogP contribution in [0.25, 0.3) is 11.3 Å². The van der Waals surface area contributed by atoms with Crippen LogP contribution in [-0.2, 0) is 19.1 Å². The second-order valence-electron chi connectivity index (χ2n) is 6.36. The first-order valence-corrected chi connectivity index (χ1v) is 8.95. The van der Waals surface area contributed by atoms with Gasteiger partial charge in [-0.05, 0) is 12.8 Å². The molecule has 0 saturated heterocycles. The molecule has 2 rings (SSSR count). The molecule has 1 aromatic carbocycles. The minimum absolute atomic E-state index is 0.128. The number of hydrogen-bond acceptors (Lipinski definition) is 7. The lowest BCUT2D eigenvalue weighted by molar-refractivity contribution is -0.147. The van der Waals surface area contributed by atoms with Gasteiger partial charge in [-0.25, -0.2) is 9.59 Å². The average molecular weight is 388 g/mol. The number of aromatic nitrogens is 1. The van der Waals surface area contributed by atoms with E-state index in [0.717, 1.165) is 0 Å². The number of esters is 2. The van der Waals surface area contributed by atoms with Crippen LogP contribution in [0.15, 0.2) is 34.9 Å². The summed E-state index contributed by atoms with van der Waals surface area (Å²) in [6, 6.07) is 8.22. The Balaban J connectivity index is 2.05. The first-order chi connectivity index (χ1) is 13.4. The fourth-order valence-corrected chi connectivity index (χ4v) is 2.62. The molecule has 0 radical (unpaired) electrons. The van der Waals surface area contributed by atoms with Crippen molar-refractivity contribution in [3.05, 3.63) is 41.7 Å². The van der Waals surface area contributed by atoms with Crippen molar-refractivity contribution in [2.75, 3.05) is 13.7 Å². The van der Waals surface area contributed by atoms with Crippen molar-refractivity contribution >= 4 is 17.8 Å². The Morgan fingerprint density at radius 1 is 1.21 bits per heavy atom. The number of hydrogen-bond donors (Lipinski definition) is 1. The molecule has 0 aliphatic carbocycles. The third-order valence-corrected chi connectivity index (χ3v) is 4.43. The third-order valence-electron chi connectivity index (χ3n) is 4.43. The normalized spacial score (nSPS) is 12.7. The van der Waals surface area contributed by atoms with Gasteiger partial charge in [0.1, 0.15) is 23.1 Å². The van der Waals surface area contributed by atoms with E-state index in [9.17, 15) is 14.4 Å². The average Bonchev–Trinajstić information content (AvgIpc) is 3.11. The summed E-state index contributed by atoms with van der Waals surface area (Å²) < 4.78 is 15.0. The number of carbonyl (C=O) groups excluding carboxylic acids is 3. The van der Waals surface area contributed by atoms with Gasteiger partial charge in [-0.1, -0.05) is 55.8 Å². The van der Waals surface area contributed by atoms with Gasteiger partial charge in [-0.15, -0.1) is 0 Å². The Hall–Kier alpha value is -3.16. The van der Waals surface area contributed by atoms with E-state index in [4.69, 9.17) is 14.0 Å². The summed E-state index contributed by atoms with van der Waals surface area (Å²) in [5, 5.41) is 6.46. The molecule has 2 aromatic rings. The molecule has 0 aliphatic rings. The monoisotopic (exact) mass is 388 g/mol. The number of methoxy groups -OCH3 is 1. The fraction of sp³-hybridized carbons (Fsp3) is 0.400. The van der Waals surface area contributed by atoms with Crippen molar-refractivity contribution in [1.82, 2.24) is 10.5 Å². The molecular weight excluding hydrogens is 364 g/mol. The van der Waals surface area contributed by atoms with Crippen LogP contribution >= 0.6 is 0 Å². The zero-order chi connectivity index (χ0) is 20.7. The molecule has 2 unspecified atom stereocenters. The van der Waals surface area contributed by atoms with E-state index in [0.29, 0.717) is 17.7 Å². The van der Waals surface area contributed by atoms with Crippen LogP contribution < -0.4 is 5.32 Å². The second-order valence-corrected chi connectivity index (χ2v) is 6.36. The quantitative estimate of drug-likeness (QED) is 0.692. The highest BCUT2D eigenvalue weighted by atomic mass is 16.5. The van der Waals surface area contributed by atoms with Gasteiger partial charge >= 0.3 is 11.9 Å². The van der Waals surface area contributed by atoms with E-state index in [1.54, 1.807) is 19.1 Å². The van der Waals surface area contributed by atoms with Gasteiger partial charge in [0.2, 0.25) is 0 Å². The number of amides is 1. The van der Waals surface area contributed by atoms with Gasteiger partial charge in [0, 0.05) is 5.56 Å². The molecule has 0 saturated carbocycles. The zero-order valence-electron chi connectivity index (χ0n) is 16.4. The summed E-state index contributed by atoms with van der Waals surface area (Å²) in [6.45, 7) is 4.76. The molecule has 1 aromatic heterocycles. The van der Waals surface area contributed by atoms with Crippen LogP contribution in [0.3, 0.4) is 0 Å². The highest BCUT2D eigenvalue weighted by Gasteiger charge is 2.28. The van der Waals surface area contributed by atoms with Gasteiger partial charge in [0.05, 0.1) is 7.11 Å². The summed E-state index contributed by atoms with van der Waals surface area (Å²) in [4.78, 5) is 36.5. The molecule has 28 heavy (non-hydrogen) atoms. The number of nitrogens with zero attached hydrogens (tertiary/aromatic N) is 1. The third kappa shape index (κ3) is 4.97. The van der Waals surface area contributed by atoms with Crippen molar-refractivity contribution in [2.45, 2.75) is 33.2 Å². The highest BCUT2D eigenvalue weighted by molar-refractivity contribution is 5.98. The number of nitrogens with one attached hydrogen (secondary N) is 1. The smallest absolute Gasteiger partial charge is 0.344 e. The summed E-state index contributed by atoms with van der Waals surface area (Å²) in [5.74, 6) is -1.71. The first kappa shape index (κ1) is 21.1. The highest BCUT2D eigenvalue weighted by Crippen LogP contribution is 2.25. The summed E-state index contributed by atoms with van der Waals surface area (Å²) in [7, 11) is 1.25. The van der Waals surface area contributed by atoms with E-state index >= 15 is 0 Å². The molecule has 0 fully saturated rings. The maximum Gasteiger partial charge on any atom is 0.344 e. The van der Waals surface area contributed by atoms with Crippen molar-refractivity contribution < 1.29 is 28.4 Å². The van der Waals surface area contributed by atoms with Gasteiger partial charge in [0.15, 0.2) is 6.61 Å². The maximum absolute atomic E-state index is 12.5.